The molecule has 0 aliphatic carbocycles. The molecule has 0 bridgehead atoms. The Kier molecular flexibility index (Phi) is 2.57. The Labute approximate surface area is 80.7 Å². The average Bonchev–Trinajstić information content (AvgIpc) is 2.11. The molecule has 1 aromatic rings. The highest BCUT2D eigenvalue weighted by molar-refractivity contribution is 5.41. The van der Waals surface area contributed by atoms with E-state index < -0.39 is 22.9 Å². The molecule has 3 N–H and O–H groups in total. The monoisotopic (exact) mass is 199 g/mol. The van der Waals surface area contributed by atoms with E-state index in [1.54, 1.807) is 0 Å². The molecule has 0 aliphatic rings. The zero-order valence-corrected chi connectivity index (χ0v) is 7.72. The molecule has 0 unspecified atom stereocenters. The number of hydrogen-bond acceptors (Lipinski definition) is 2. The Morgan fingerprint density at radius 2 is 2.07 bits per heavy atom. The van der Waals surface area contributed by atoms with Gasteiger partial charge in [-0.05, 0) is 13.0 Å². The zero-order chi connectivity index (χ0) is 10.9. The zero-order valence-electron chi connectivity index (χ0n) is 7.72. The summed E-state index contributed by atoms with van der Waals surface area (Å²) in [7, 11) is 0. The van der Waals surface area contributed by atoms with Gasteiger partial charge in [0.05, 0.1) is 5.54 Å². The Morgan fingerprint density at radius 1 is 1.50 bits per heavy atom. The quantitative estimate of drug-likeness (QED) is 0.716. The molecule has 1 aromatic carbocycles. The summed E-state index contributed by atoms with van der Waals surface area (Å²) in [6.07, 6.45) is 1.31. The summed E-state index contributed by atoms with van der Waals surface area (Å²) in [5.41, 5.74) is 4.48. The van der Waals surface area contributed by atoms with Crippen molar-refractivity contribution in [1.82, 2.24) is 0 Å². The second kappa shape index (κ2) is 3.38. The normalized spacial score (nSPS) is 14.9. The van der Waals surface area contributed by atoms with Crippen LogP contribution in [-0.2, 0) is 5.54 Å². The Balaban J connectivity index is 3.41. The number of benzene rings is 1. The third kappa shape index (κ3) is 1.75. The van der Waals surface area contributed by atoms with Crippen LogP contribution in [0.15, 0.2) is 24.8 Å². The Morgan fingerprint density at radius 3 is 2.57 bits per heavy atom. The number of phenols is 1. The first kappa shape index (κ1) is 10.7. The maximum atomic E-state index is 12.9. The number of hydrogen-bond donors (Lipinski definition) is 2. The summed E-state index contributed by atoms with van der Waals surface area (Å²) in [4.78, 5) is 0. The van der Waals surface area contributed by atoms with Crippen molar-refractivity contribution in [2.45, 2.75) is 12.5 Å². The molecule has 76 valence electrons. The summed E-state index contributed by atoms with van der Waals surface area (Å²) in [5.74, 6) is -2.45. The van der Waals surface area contributed by atoms with E-state index in [9.17, 15) is 13.9 Å². The van der Waals surface area contributed by atoms with E-state index in [0.717, 1.165) is 6.07 Å². The van der Waals surface area contributed by atoms with Gasteiger partial charge in [0, 0.05) is 11.6 Å². The Bertz CT molecular complexity index is 375. The number of halogens is 2. The minimum atomic E-state index is -1.16. The van der Waals surface area contributed by atoms with E-state index in [1.807, 2.05) is 0 Å². The highest BCUT2D eigenvalue weighted by Crippen LogP contribution is 2.31. The maximum Gasteiger partial charge on any atom is 0.168 e. The van der Waals surface area contributed by atoms with Crippen LogP contribution in [-0.4, -0.2) is 5.11 Å². The molecule has 4 heteroatoms. The Hall–Kier alpha value is -1.42. The van der Waals surface area contributed by atoms with Crippen LogP contribution in [0.5, 0.6) is 5.75 Å². The highest BCUT2D eigenvalue weighted by Gasteiger charge is 2.23. The molecular formula is C10H11F2NO. The minimum absolute atomic E-state index is 0.0231. The largest absolute Gasteiger partial charge is 0.505 e. The van der Waals surface area contributed by atoms with Gasteiger partial charge in [0.15, 0.2) is 11.6 Å². The molecule has 1 atom stereocenters. The van der Waals surface area contributed by atoms with Gasteiger partial charge in [0.2, 0.25) is 0 Å². The van der Waals surface area contributed by atoms with Crippen molar-refractivity contribution >= 4 is 0 Å². The third-order valence-electron chi connectivity index (χ3n) is 2.03. The predicted octanol–water partition coefficient (Wildman–Crippen LogP) is 2.03. The average molecular weight is 199 g/mol. The first-order valence-corrected chi connectivity index (χ1v) is 3.99. The maximum absolute atomic E-state index is 12.9. The summed E-state index contributed by atoms with van der Waals surface area (Å²) in [5, 5.41) is 9.32. The molecule has 2 nitrogen and oxygen atoms in total. The first-order valence-electron chi connectivity index (χ1n) is 3.99. The lowest BCUT2D eigenvalue weighted by Gasteiger charge is -2.21. The lowest BCUT2D eigenvalue weighted by atomic mass is 9.92. The first-order chi connectivity index (χ1) is 6.38. The number of phenolic OH excluding ortho intramolecular Hbond substituents is 1. The SMILES string of the molecule is C=C[C@@](C)(N)c1cc(F)cc(F)c1O. The molecule has 0 heterocycles. The van der Waals surface area contributed by atoms with Gasteiger partial charge >= 0.3 is 0 Å². The number of nitrogens with two attached hydrogens (primary N) is 1. The van der Waals surface area contributed by atoms with E-state index in [1.165, 1.54) is 13.0 Å². The molecule has 1 rings (SSSR count). The van der Waals surface area contributed by atoms with E-state index in [-0.39, 0.29) is 5.56 Å². The van der Waals surface area contributed by atoms with E-state index in [0.29, 0.717) is 6.07 Å². The van der Waals surface area contributed by atoms with Gasteiger partial charge < -0.3 is 10.8 Å². The summed E-state index contributed by atoms with van der Waals surface area (Å²) >= 11 is 0. The topological polar surface area (TPSA) is 46.2 Å². The minimum Gasteiger partial charge on any atom is -0.505 e. The van der Waals surface area contributed by atoms with Crippen LogP contribution < -0.4 is 5.73 Å². The van der Waals surface area contributed by atoms with Crippen LogP contribution in [0.25, 0.3) is 0 Å². The van der Waals surface area contributed by atoms with Crippen molar-refractivity contribution in [3.8, 4) is 5.75 Å². The summed E-state index contributed by atoms with van der Waals surface area (Å²) < 4.78 is 25.8. The summed E-state index contributed by atoms with van der Waals surface area (Å²) in [6.45, 7) is 4.92. The fourth-order valence-electron chi connectivity index (χ4n) is 1.09. The predicted molar refractivity (Wildman–Crippen MR) is 49.8 cm³/mol. The number of rotatable bonds is 2. The lowest BCUT2D eigenvalue weighted by molar-refractivity contribution is 0.408. The van der Waals surface area contributed by atoms with Gasteiger partial charge in [-0.2, -0.15) is 0 Å². The van der Waals surface area contributed by atoms with Crippen molar-refractivity contribution in [2.75, 3.05) is 0 Å². The molecule has 0 amide bonds. The molecule has 0 fully saturated rings. The molecule has 0 radical (unpaired) electrons. The summed E-state index contributed by atoms with van der Waals surface area (Å²) in [6, 6.07) is 1.58. The van der Waals surface area contributed by atoms with Gasteiger partial charge in [-0.15, -0.1) is 6.58 Å². The third-order valence-corrected chi connectivity index (χ3v) is 2.03. The van der Waals surface area contributed by atoms with E-state index >= 15 is 0 Å². The molecular weight excluding hydrogens is 188 g/mol. The van der Waals surface area contributed by atoms with Crippen LogP contribution in [0.3, 0.4) is 0 Å². The number of aromatic hydroxyl groups is 1. The van der Waals surface area contributed by atoms with Gasteiger partial charge in [-0.25, -0.2) is 8.78 Å². The van der Waals surface area contributed by atoms with Crippen LogP contribution in [0, 0.1) is 11.6 Å². The fraction of sp³-hybridized carbons (Fsp3) is 0.200. The van der Waals surface area contributed by atoms with Crippen molar-refractivity contribution in [2.24, 2.45) is 5.73 Å². The van der Waals surface area contributed by atoms with Gasteiger partial charge in [-0.1, -0.05) is 6.08 Å². The van der Waals surface area contributed by atoms with Crippen LogP contribution in [0.1, 0.15) is 12.5 Å². The van der Waals surface area contributed by atoms with Crippen molar-refractivity contribution in [3.63, 3.8) is 0 Å². The lowest BCUT2D eigenvalue weighted by Crippen LogP contribution is -2.30. The van der Waals surface area contributed by atoms with Crippen LogP contribution in [0.4, 0.5) is 8.78 Å². The van der Waals surface area contributed by atoms with E-state index in [2.05, 4.69) is 6.58 Å². The molecule has 0 aromatic heterocycles. The molecule has 0 saturated heterocycles. The molecule has 0 aliphatic heterocycles. The fourth-order valence-corrected chi connectivity index (χ4v) is 1.09. The molecule has 0 spiro atoms. The molecule has 14 heavy (non-hydrogen) atoms. The van der Waals surface area contributed by atoms with Gasteiger partial charge in [-0.3, -0.25) is 0 Å². The van der Waals surface area contributed by atoms with Gasteiger partial charge in [0.25, 0.3) is 0 Å². The smallest absolute Gasteiger partial charge is 0.168 e. The van der Waals surface area contributed by atoms with Crippen molar-refractivity contribution < 1.29 is 13.9 Å². The second-order valence-corrected chi connectivity index (χ2v) is 3.27. The second-order valence-electron chi connectivity index (χ2n) is 3.27. The van der Waals surface area contributed by atoms with E-state index in [4.69, 9.17) is 5.73 Å². The van der Waals surface area contributed by atoms with Crippen molar-refractivity contribution in [3.05, 3.63) is 42.0 Å². The van der Waals surface area contributed by atoms with Crippen LogP contribution >= 0.6 is 0 Å². The van der Waals surface area contributed by atoms with Crippen LogP contribution in [0.2, 0.25) is 0 Å². The standard InChI is InChI=1S/C10H11F2NO/c1-3-10(2,13)7-4-6(11)5-8(12)9(7)14/h3-5,14H,1,13H2,2H3/t10-/m1/s1. The highest BCUT2D eigenvalue weighted by atomic mass is 19.1. The van der Waals surface area contributed by atoms with Crippen molar-refractivity contribution in [1.29, 1.82) is 0 Å². The van der Waals surface area contributed by atoms with Gasteiger partial charge in [0.1, 0.15) is 5.82 Å². The molecule has 0 saturated carbocycles.